The molecule has 0 bridgehead atoms. The first-order valence-electron chi connectivity index (χ1n) is 5.98. The van der Waals surface area contributed by atoms with E-state index in [-0.39, 0.29) is 11.6 Å². The molecular weight excluding hydrogens is 260 g/mol. The second-order valence-corrected chi connectivity index (χ2v) is 4.76. The molecule has 0 radical (unpaired) electrons. The molecule has 1 atom stereocenters. The van der Waals surface area contributed by atoms with Gasteiger partial charge in [0.05, 0.1) is 5.92 Å². The highest BCUT2D eigenvalue weighted by atomic mass is 35.5. The number of hydrogen-bond acceptors (Lipinski definition) is 2. The predicted molar refractivity (Wildman–Crippen MR) is 75.7 cm³/mol. The Morgan fingerprint density at radius 1 is 0.842 bits per heavy atom. The van der Waals surface area contributed by atoms with Gasteiger partial charge in [0.1, 0.15) is 0 Å². The number of carbonyl (C=O) groups is 2. The summed E-state index contributed by atoms with van der Waals surface area (Å²) in [5.41, 5.74) is 1.05. The third-order valence-corrected chi connectivity index (χ3v) is 3.23. The summed E-state index contributed by atoms with van der Waals surface area (Å²) in [4.78, 5) is 24.4. The van der Waals surface area contributed by atoms with Crippen LogP contribution in [0.3, 0.4) is 0 Å². The molecule has 2 rings (SSSR count). The van der Waals surface area contributed by atoms with Crippen LogP contribution in [0.4, 0.5) is 0 Å². The van der Waals surface area contributed by atoms with Gasteiger partial charge in [0.25, 0.3) is 0 Å². The Kier molecular flexibility index (Phi) is 4.13. The molecule has 0 amide bonds. The highest BCUT2D eigenvalue weighted by molar-refractivity contribution is 6.30. The standard InChI is InChI=1S/C16H13ClO2/c1-11(15(18)12-5-3-2-4-6-12)16(19)13-7-9-14(17)10-8-13/h2-11H,1H3. The number of carbonyl (C=O) groups excluding carboxylic acids is 2. The minimum Gasteiger partial charge on any atom is -0.293 e. The van der Waals surface area contributed by atoms with E-state index < -0.39 is 5.92 Å². The largest absolute Gasteiger partial charge is 0.293 e. The molecule has 0 aliphatic carbocycles. The third kappa shape index (κ3) is 3.09. The Morgan fingerprint density at radius 3 is 1.84 bits per heavy atom. The van der Waals surface area contributed by atoms with Gasteiger partial charge in [-0.3, -0.25) is 9.59 Å². The Labute approximate surface area is 117 Å². The van der Waals surface area contributed by atoms with Gasteiger partial charge >= 0.3 is 0 Å². The monoisotopic (exact) mass is 272 g/mol. The Morgan fingerprint density at radius 2 is 1.32 bits per heavy atom. The molecule has 2 nitrogen and oxygen atoms in total. The van der Waals surface area contributed by atoms with Gasteiger partial charge in [0.15, 0.2) is 11.6 Å². The molecule has 1 unspecified atom stereocenters. The van der Waals surface area contributed by atoms with Gasteiger partial charge in [-0.1, -0.05) is 41.9 Å². The lowest BCUT2D eigenvalue weighted by Crippen LogP contribution is -2.21. The molecule has 0 aromatic heterocycles. The van der Waals surface area contributed by atoms with Crippen molar-refractivity contribution in [3.63, 3.8) is 0 Å². The maximum absolute atomic E-state index is 12.2. The average molecular weight is 273 g/mol. The lowest BCUT2D eigenvalue weighted by Gasteiger charge is -2.09. The fourth-order valence-corrected chi connectivity index (χ4v) is 1.96. The van der Waals surface area contributed by atoms with Crippen LogP contribution in [0.1, 0.15) is 27.6 Å². The fraction of sp³-hybridized carbons (Fsp3) is 0.125. The lowest BCUT2D eigenvalue weighted by molar-refractivity contribution is 0.0821. The second-order valence-electron chi connectivity index (χ2n) is 4.32. The maximum Gasteiger partial charge on any atom is 0.173 e. The predicted octanol–water partition coefficient (Wildman–Crippen LogP) is 4.04. The van der Waals surface area contributed by atoms with E-state index in [0.717, 1.165) is 0 Å². The van der Waals surface area contributed by atoms with Gasteiger partial charge in [-0.25, -0.2) is 0 Å². The summed E-state index contributed by atoms with van der Waals surface area (Å²) < 4.78 is 0. The SMILES string of the molecule is CC(C(=O)c1ccccc1)C(=O)c1ccc(Cl)cc1. The number of Topliss-reactive ketones (excluding diaryl/α,β-unsaturated/α-hetero) is 2. The summed E-state index contributed by atoms with van der Waals surface area (Å²) in [5, 5.41) is 0.568. The van der Waals surface area contributed by atoms with Crippen LogP contribution in [0.25, 0.3) is 0 Å². The molecule has 2 aromatic carbocycles. The number of hydrogen-bond donors (Lipinski definition) is 0. The van der Waals surface area contributed by atoms with Crippen molar-refractivity contribution in [1.29, 1.82) is 0 Å². The van der Waals surface area contributed by atoms with E-state index in [2.05, 4.69) is 0 Å². The smallest absolute Gasteiger partial charge is 0.173 e. The van der Waals surface area contributed by atoms with Crippen LogP contribution in [0.5, 0.6) is 0 Å². The van der Waals surface area contributed by atoms with Gasteiger partial charge in [0.2, 0.25) is 0 Å². The summed E-state index contributed by atoms with van der Waals surface area (Å²) in [6.45, 7) is 1.63. The molecule has 0 aliphatic heterocycles. The number of rotatable bonds is 4. The molecule has 0 saturated heterocycles. The van der Waals surface area contributed by atoms with Crippen molar-refractivity contribution in [2.24, 2.45) is 5.92 Å². The van der Waals surface area contributed by atoms with Crippen molar-refractivity contribution in [1.82, 2.24) is 0 Å². The summed E-state index contributed by atoms with van der Waals surface area (Å²) in [7, 11) is 0. The first-order chi connectivity index (χ1) is 9.09. The summed E-state index contributed by atoms with van der Waals surface area (Å²) in [6.07, 6.45) is 0. The van der Waals surface area contributed by atoms with Crippen LogP contribution in [-0.4, -0.2) is 11.6 Å². The zero-order chi connectivity index (χ0) is 13.8. The van der Waals surface area contributed by atoms with Crippen LogP contribution in [0.2, 0.25) is 5.02 Å². The molecule has 0 fully saturated rings. The first-order valence-corrected chi connectivity index (χ1v) is 6.36. The van der Waals surface area contributed by atoms with Crippen molar-refractivity contribution in [2.75, 3.05) is 0 Å². The van der Waals surface area contributed by atoms with Crippen molar-refractivity contribution >= 4 is 23.2 Å². The molecule has 0 N–H and O–H groups in total. The van der Waals surface area contributed by atoms with Gasteiger partial charge < -0.3 is 0 Å². The average Bonchev–Trinajstić information content (AvgIpc) is 2.46. The van der Waals surface area contributed by atoms with Gasteiger partial charge in [-0.15, -0.1) is 0 Å². The quantitative estimate of drug-likeness (QED) is 0.622. The second kappa shape index (κ2) is 5.81. The highest BCUT2D eigenvalue weighted by Crippen LogP contribution is 2.16. The van der Waals surface area contributed by atoms with Gasteiger partial charge in [0, 0.05) is 16.1 Å². The Hall–Kier alpha value is -1.93. The number of ketones is 2. The number of halogens is 1. The molecule has 3 heteroatoms. The van der Waals surface area contributed by atoms with E-state index in [1.165, 1.54) is 0 Å². The highest BCUT2D eigenvalue weighted by Gasteiger charge is 2.23. The van der Waals surface area contributed by atoms with E-state index in [1.807, 2.05) is 6.07 Å². The first kappa shape index (κ1) is 13.5. The zero-order valence-corrected chi connectivity index (χ0v) is 11.2. The van der Waals surface area contributed by atoms with E-state index >= 15 is 0 Å². The van der Waals surface area contributed by atoms with E-state index in [1.54, 1.807) is 55.5 Å². The Balaban J connectivity index is 2.20. The van der Waals surface area contributed by atoms with Crippen molar-refractivity contribution in [3.05, 3.63) is 70.7 Å². The van der Waals surface area contributed by atoms with Crippen LogP contribution in [-0.2, 0) is 0 Å². The summed E-state index contributed by atoms with van der Waals surface area (Å²) in [5.74, 6) is -1.05. The van der Waals surface area contributed by atoms with E-state index in [4.69, 9.17) is 11.6 Å². The van der Waals surface area contributed by atoms with Crippen LogP contribution in [0, 0.1) is 5.92 Å². The molecule has 0 heterocycles. The fourth-order valence-electron chi connectivity index (χ4n) is 1.84. The molecule has 0 spiro atoms. The topological polar surface area (TPSA) is 34.1 Å². The summed E-state index contributed by atoms with van der Waals surface area (Å²) in [6, 6.07) is 15.4. The molecule has 2 aromatic rings. The van der Waals surface area contributed by atoms with E-state index in [9.17, 15) is 9.59 Å². The Bertz CT molecular complexity index is 588. The lowest BCUT2D eigenvalue weighted by atomic mass is 9.92. The van der Waals surface area contributed by atoms with Crippen molar-refractivity contribution < 1.29 is 9.59 Å². The normalized spacial score (nSPS) is 11.9. The number of benzene rings is 2. The zero-order valence-electron chi connectivity index (χ0n) is 10.5. The summed E-state index contributed by atoms with van der Waals surface area (Å²) >= 11 is 5.78. The van der Waals surface area contributed by atoms with Gasteiger partial charge in [-0.2, -0.15) is 0 Å². The molecule has 19 heavy (non-hydrogen) atoms. The van der Waals surface area contributed by atoms with Crippen molar-refractivity contribution in [2.45, 2.75) is 6.92 Å². The third-order valence-electron chi connectivity index (χ3n) is 2.97. The molecule has 96 valence electrons. The van der Waals surface area contributed by atoms with Crippen LogP contribution in [0.15, 0.2) is 54.6 Å². The van der Waals surface area contributed by atoms with Crippen molar-refractivity contribution in [3.8, 4) is 0 Å². The van der Waals surface area contributed by atoms with Gasteiger partial charge in [-0.05, 0) is 31.2 Å². The van der Waals surface area contributed by atoms with Crippen LogP contribution < -0.4 is 0 Å². The van der Waals surface area contributed by atoms with Crippen LogP contribution >= 0.6 is 11.6 Å². The maximum atomic E-state index is 12.2. The minimum atomic E-state index is -0.691. The van der Waals surface area contributed by atoms with E-state index in [0.29, 0.717) is 16.1 Å². The molecule has 0 saturated carbocycles. The molecule has 0 aliphatic rings. The molecular formula is C16H13ClO2. The minimum absolute atomic E-state index is 0.166.